The molecule has 7 heteroatoms. The van der Waals surface area contributed by atoms with Crippen LogP contribution in [0.3, 0.4) is 0 Å². The van der Waals surface area contributed by atoms with E-state index in [-0.39, 0.29) is 5.91 Å². The van der Waals surface area contributed by atoms with Crippen LogP contribution >= 0.6 is 23.1 Å². The van der Waals surface area contributed by atoms with Gasteiger partial charge in [0.15, 0.2) is 10.3 Å². The van der Waals surface area contributed by atoms with Gasteiger partial charge in [-0.1, -0.05) is 36.0 Å². The molecule has 4 aromatic rings. The Hall–Kier alpha value is -2.90. The maximum Gasteiger partial charge on any atom is 0.230 e. The molecule has 1 amide bonds. The number of benzene rings is 2. The lowest BCUT2D eigenvalue weighted by Gasteiger charge is -2.18. The first-order valence-corrected chi connectivity index (χ1v) is 11.8. The molecule has 0 radical (unpaired) electrons. The second-order valence-electron chi connectivity index (χ2n) is 7.47. The normalized spacial score (nSPS) is 11.0. The summed E-state index contributed by atoms with van der Waals surface area (Å²) >= 11 is 3.12. The lowest BCUT2D eigenvalue weighted by atomic mass is 10.1. The van der Waals surface area contributed by atoms with Gasteiger partial charge in [0.05, 0.1) is 17.1 Å². The van der Waals surface area contributed by atoms with Crippen molar-refractivity contribution in [2.75, 3.05) is 4.90 Å². The number of aromatic nitrogens is 3. The van der Waals surface area contributed by atoms with Crippen molar-refractivity contribution in [3.05, 3.63) is 82.6 Å². The predicted octanol–water partition coefficient (Wildman–Crippen LogP) is 6.23. The number of aryl methyl sites for hydroxylation is 3. The van der Waals surface area contributed by atoms with Crippen molar-refractivity contribution in [2.45, 2.75) is 38.6 Å². The quantitative estimate of drug-likeness (QED) is 0.328. The van der Waals surface area contributed by atoms with Crippen molar-refractivity contribution in [3.63, 3.8) is 0 Å². The zero-order valence-electron chi connectivity index (χ0n) is 18.0. The largest absolute Gasteiger partial charge is 0.295 e. The molecule has 0 fully saturated rings. The first kappa shape index (κ1) is 21.3. The van der Waals surface area contributed by atoms with Crippen LogP contribution in [0.15, 0.2) is 65.4 Å². The summed E-state index contributed by atoms with van der Waals surface area (Å²) in [7, 11) is 0. The van der Waals surface area contributed by atoms with Crippen molar-refractivity contribution in [3.8, 4) is 5.69 Å². The summed E-state index contributed by atoms with van der Waals surface area (Å²) in [5, 5.41) is 3.62. The number of thioether (sulfide) groups is 1. The van der Waals surface area contributed by atoms with E-state index < -0.39 is 0 Å². The lowest BCUT2D eigenvalue weighted by Crippen LogP contribution is -2.22. The van der Waals surface area contributed by atoms with Gasteiger partial charge >= 0.3 is 0 Å². The Morgan fingerprint density at radius 2 is 1.94 bits per heavy atom. The molecule has 31 heavy (non-hydrogen) atoms. The van der Waals surface area contributed by atoms with Crippen LogP contribution in [0.5, 0.6) is 0 Å². The molecule has 0 atom stereocenters. The number of nitrogens with zero attached hydrogens (tertiary/aromatic N) is 4. The Morgan fingerprint density at radius 3 is 2.71 bits per heavy atom. The molecule has 5 nitrogen and oxygen atoms in total. The molecule has 2 heterocycles. The molecule has 2 aromatic heterocycles. The van der Waals surface area contributed by atoms with Gasteiger partial charge in [-0.3, -0.25) is 14.3 Å². The maximum absolute atomic E-state index is 12.3. The Balaban J connectivity index is 1.54. The highest BCUT2D eigenvalue weighted by molar-refractivity contribution is 7.98. The minimum absolute atomic E-state index is 0.0513. The monoisotopic (exact) mass is 448 g/mol. The van der Waals surface area contributed by atoms with Crippen LogP contribution in [-0.4, -0.2) is 20.4 Å². The van der Waals surface area contributed by atoms with Crippen molar-refractivity contribution < 1.29 is 4.79 Å². The van der Waals surface area contributed by atoms with E-state index in [0.717, 1.165) is 27.8 Å². The second kappa shape index (κ2) is 9.08. The second-order valence-corrected chi connectivity index (χ2v) is 9.25. The number of hydrogen-bond acceptors (Lipinski definition) is 5. The van der Waals surface area contributed by atoms with Gasteiger partial charge in [0.2, 0.25) is 5.91 Å². The summed E-state index contributed by atoms with van der Waals surface area (Å²) in [4.78, 5) is 23.3. The van der Waals surface area contributed by atoms with Crippen LogP contribution in [0, 0.1) is 20.8 Å². The fraction of sp³-hybridized carbons (Fsp3) is 0.208. The Bertz CT molecular complexity index is 1230. The molecule has 4 rings (SSSR count). The van der Waals surface area contributed by atoms with Gasteiger partial charge in [0.25, 0.3) is 0 Å². The topological polar surface area (TPSA) is 51.0 Å². The Morgan fingerprint density at radius 1 is 1.13 bits per heavy atom. The van der Waals surface area contributed by atoms with Crippen molar-refractivity contribution in [1.29, 1.82) is 0 Å². The molecule has 0 bridgehead atoms. The molecule has 0 aliphatic carbocycles. The van der Waals surface area contributed by atoms with Crippen LogP contribution in [0.25, 0.3) is 5.69 Å². The summed E-state index contributed by atoms with van der Waals surface area (Å²) in [6, 6.07) is 14.3. The van der Waals surface area contributed by atoms with Crippen LogP contribution in [0.4, 0.5) is 10.8 Å². The molecule has 0 spiro atoms. The predicted molar refractivity (Wildman–Crippen MR) is 129 cm³/mol. The Labute approximate surface area is 190 Å². The first-order valence-electron chi connectivity index (χ1n) is 9.98. The number of anilines is 2. The van der Waals surface area contributed by atoms with Crippen molar-refractivity contribution in [1.82, 2.24) is 14.5 Å². The highest BCUT2D eigenvalue weighted by atomic mass is 32.2. The average molecular weight is 449 g/mol. The minimum Gasteiger partial charge on any atom is -0.295 e. The van der Waals surface area contributed by atoms with Crippen LogP contribution in [0.2, 0.25) is 0 Å². The molecular formula is C24H24N4OS2. The van der Waals surface area contributed by atoms with Crippen molar-refractivity contribution >= 4 is 39.8 Å². The van der Waals surface area contributed by atoms with Crippen molar-refractivity contribution in [2.24, 2.45) is 0 Å². The zero-order chi connectivity index (χ0) is 22.0. The smallest absolute Gasteiger partial charge is 0.230 e. The number of carbonyl (C=O) groups is 1. The van der Waals surface area contributed by atoms with Crippen LogP contribution in [0.1, 0.15) is 29.3 Å². The van der Waals surface area contributed by atoms with E-state index in [1.807, 2.05) is 49.0 Å². The van der Waals surface area contributed by atoms with Crippen LogP contribution < -0.4 is 4.90 Å². The van der Waals surface area contributed by atoms with E-state index in [9.17, 15) is 4.79 Å². The molecule has 0 aliphatic rings. The van der Waals surface area contributed by atoms with Gasteiger partial charge in [-0.15, -0.1) is 11.3 Å². The van der Waals surface area contributed by atoms with E-state index in [1.165, 1.54) is 22.5 Å². The van der Waals surface area contributed by atoms with E-state index in [1.54, 1.807) is 23.6 Å². The number of hydrogen-bond donors (Lipinski definition) is 0. The summed E-state index contributed by atoms with van der Waals surface area (Å²) in [6.07, 6.45) is 3.82. The minimum atomic E-state index is -0.0513. The molecular weight excluding hydrogens is 424 g/mol. The summed E-state index contributed by atoms with van der Waals surface area (Å²) in [5.74, 6) is 0.627. The number of carbonyl (C=O) groups excluding carboxylic acids is 1. The number of rotatable bonds is 6. The summed E-state index contributed by atoms with van der Waals surface area (Å²) < 4.78 is 2.12. The standard InChI is InChI=1S/C24H24N4OS2/c1-16-6-5-7-21(12-16)28(19(4)29)24-26-20(15-31-24)14-30-23-25-10-11-27(23)22-13-17(2)8-9-18(22)3/h5-13,15H,14H2,1-4H3. The van der Waals surface area contributed by atoms with E-state index in [4.69, 9.17) is 4.98 Å². The highest BCUT2D eigenvalue weighted by Gasteiger charge is 2.18. The van der Waals surface area contributed by atoms with E-state index in [0.29, 0.717) is 10.9 Å². The third-order valence-corrected chi connectivity index (χ3v) is 6.76. The average Bonchev–Trinajstić information content (AvgIpc) is 3.38. The summed E-state index contributed by atoms with van der Waals surface area (Å²) in [5.41, 5.74) is 6.44. The number of thiazole rings is 1. The maximum atomic E-state index is 12.3. The number of amides is 1. The molecule has 0 saturated carbocycles. The van der Waals surface area contributed by atoms with Gasteiger partial charge < -0.3 is 0 Å². The third-order valence-electron chi connectivity index (χ3n) is 4.89. The van der Waals surface area contributed by atoms with E-state index in [2.05, 4.69) is 41.6 Å². The molecule has 0 saturated heterocycles. The third kappa shape index (κ3) is 4.73. The zero-order valence-corrected chi connectivity index (χ0v) is 19.6. The van der Waals surface area contributed by atoms with Crippen LogP contribution in [-0.2, 0) is 10.5 Å². The summed E-state index contributed by atoms with van der Waals surface area (Å²) in [6.45, 7) is 7.79. The van der Waals surface area contributed by atoms with Gasteiger partial charge in [-0.25, -0.2) is 9.97 Å². The first-order chi connectivity index (χ1) is 14.9. The fourth-order valence-electron chi connectivity index (χ4n) is 3.36. The molecule has 2 aromatic carbocycles. The molecule has 0 N–H and O–H groups in total. The molecule has 0 unspecified atom stereocenters. The molecule has 0 aliphatic heterocycles. The fourth-order valence-corrected chi connectivity index (χ4v) is 5.21. The lowest BCUT2D eigenvalue weighted by molar-refractivity contribution is -0.115. The molecule has 158 valence electrons. The highest BCUT2D eigenvalue weighted by Crippen LogP contribution is 2.32. The van der Waals surface area contributed by atoms with Gasteiger partial charge in [-0.05, 0) is 55.7 Å². The van der Waals surface area contributed by atoms with Gasteiger partial charge in [0, 0.05) is 30.5 Å². The van der Waals surface area contributed by atoms with E-state index >= 15 is 0 Å². The Kier molecular flexibility index (Phi) is 6.25. The SMILES string of the molecule is CC(=O)N(c1cccc(C)c1)c1nc(CSc2nccn2-c2cc(C)ccc2C)cs1. The number of imidazole rings is 1. The van der Waals surface area contributed by atoms with Gasteiger partial charge in [0.1, 0.15) is 0 Å². The van der Waals surface area contributed by atoms with Gasteiger partial charge in [-0.2, -0.15) is 0 Å².